The highest BCUT2D eigenvalue weighted by Crippen LogP contribution is 2.39. The molecular formula is C41H61N5O5Si. The van der Waals surface area contributed by atoms with Gasteiger partial charge in [0, 0.05) is 31.4 Å². The molecule has 1 fully saturated rings. The van der Waals surface area contributed by atoms with E-state index in [2.05, 4.69) is 49.5 Å². The molecule has 2 aromatic carbocycles. The summed E-state index contributed by atoms with van der Waals surface area (Å²) in [5.41, 5.74) is 1.35. The van der Waals surface area contributed by atoms with E-state index < -0.39 is 44.1 Å². The Bertz CT molecular complexity index is 1580. The number of carbonyl (C=O) groups excluding carboxylic acids is 3. The zero-order valence-corrected chi connectivity index (χ0v) is 33.9. The smallest absolute Gasteiger partial charge is 0.407 e. The van der Waals surface area contributed by atoms with E-state index in [1.807, 2.05) is 111 Å². The molecule has 0 bridgehead atoms. The van der Waals surface area contributed by atoms with E-state index >= 15 is 0 Å². The number of carbonyl (C=O) groups is 3. The maximum Gasteiger partial charge on any atom is 0.407 e. The van der Waals surface area contributed by atoms with Crippen LogP contribution in [0.25, 0.3) is 0 Å². The largest absolute Gasteiger partial charge is 0.444 e. The molecule has 2 N–H and O–H groups in total. The molecule has 4 rings (SSSR count). The SMILES string of the molecule is CC(C)[C@H](NC(=O)C(Cc1ccccc1)CC(O[Si](C)(C)C(C)(C)C)C(Cc1ccccc1)NC(=O)OC(C)(C)C)C(=O)N1CC(n2ccnc2)C1. The first-order valence-electron chi connectivity index (χ1n) is 18.6. The lowest BCUT2D eigenvalue weighted by atomic mass is 9.88. The molecular weight excluding hydrogens is 671 g/mol. The molecule has 284 valence electrons. The Kier molecular flexibility index (Phi) is 13.5. The first-order valence-corrected chi connectivity index (χ1v) is 21.6. The lowest BCUT2D eigenvalue weighted by molar-refractivity contribution is -0.143. The van der Waals surface area contributed by atoms with Gasteiger partial charge in [0.05, 0.1) is 24.5 Å². The van der Waals surface area contributed by atoms with E-state index in [1.165, 1.54) is 0 Å². The topological polar surface area (TPSA) is 115 Å². The summed E-state index contributed by atoms with van der Waals surface area (Å²) in [7, 11) is -2.44. The molecule has 0 aliphatic carbocycles. The Morgan fingerprint density at radius 3 is 1.96 bits per heavy atom. The molecule has 0 spiro atoms. The van der Waals surface area contributed by atoms with Gasteiger partial charge >= 0.3 is 6.09 Å². The third kappa shape index (κ3) is 11.5. The Morgan fingerprint density at radius 1 is 0.885 bits per heavy atom. The molecule has 3 unspecified atom stereocenters. The number of likely N-dealkylation sites (tertiary alicyclic amines) is 1. The Labute approximate surface area is 312 Å². The zero-order valence-electron chi connectivity index (χ0n) is 32.9. The Balaban J connectivity index is 1.67. The fourth-order valence-corrected chi connectivity index (χ4v) is 7.58. The van der Waals surface area contributed by atoms with Crippen LogP contribution in [0, 0.1) is 11.8 Å². The van der Waals surface area contributed by atoms with Gasteiger partial charge in [0.15, 0.2) is 8.32 Å². The number of amides is 3. The van der Waals surface area contributed by atoms with Crippen LogP contribution in [-0.4, -0.2) is 77.6 Å². The number of hydrogen-bond donors (Lipinski definition) is 2. The van der Waals surface area contributed by atoms with Crippen molar-refractivity contribution in [2.45, 2.75) is 123 Å². The van der Waals surface area contributed by atoms with Crippen LogP contribution in [0.1, 0.15) is 79.0 Å². The average molecular weight is 732 g/mol. The summed E-state index contributed by atoms with van der Waals surface area (Å²) < 4.78 is 15.0. The normalized spacial score (nSPS) is 16.4. The monoisotopic (exact) mass is 731 g/mol. The second-order valence-corrected chi connectivity index (χ2v) is 21.9. The van der Waals surface area contributed by atoms with Crippen molar-refractivity contribution in [1.29, 1.82) is 0 Å². The predicted molar refractivity (Wildman–Crippen MR) is 208 cm³/mol. The Hall–Kier alpha value is -3.96. The Morgan fingerprint density at radius 2 is 1.46 bits per heavy atom. The third-order valence-electron chi connectivity index (χ3n) is 10.3. The third-order valence-corrected chi connectivity index (χ3v) is 14.8. The summed E-state index contributed by atoms with van der Waals surface area (Å²) in [6.45, 7) is 21.5. The van der Waals surface area contributed by atoms with Crippen LogP contribution in [-0.2, 0) is 31.6 Å². The summed E-state index contributed by atoms with van der Waals surface area (Å²) in [6.07, 6.45) is 5.61. The molecule has 4 atom stereocenters. The van der Waals surface area contributed by atoms with Crippen molar-refractivity contribution in [3.05, 3.63) is 90.5 Å². The number of alkyl carbamates (subject to hydrolysis) is 1. The van der Waals surface area contributed by atoms with Crippen LogP contribution in [0.2, 0.25) is 18.1 Å². The van der Waals surface area contributed by atoms with Gasteiger partial charge in [0.2, 0.25) is 11.8 Å². The molecule has 1 saturated heterocycles. The minimum Gasteiger partial charge on any atom is -0.444 e. The van der Waals surface area contributed by atoms with Crippen molar-refractivity contribution in [3.63, 3.8) is 0 Å². The summed E-state index contributed by atoms with van der Waals surface area (Å²) in [4.78, 5) is 47.8. The molecule has 0 saturated carbocycles. The number of aromatic nitrogens is 2. The van der Waals surface area contributed by atoms with E-state index in [0.29, 0.717) is 32.4 Å². The van der Waals surface area contributed by atoms with Crippen molar-refractivity contribution < 1.29 is 23.5 Å². The molecule has 1 aromatic heterocycles. The maximum atomic E-state index is 14.6. The fourth-order valence-electron chi connectivity index (χ4n) is 6.20. The van der Waals surface area contributed by atoms with E-state index in [-0.39, 0.29) is 28.8 Å². The standard InChI is InChI=1S/C41H61N5O5Si/c1-29(2)36(38(48)46-26-33(27-46)45-22-21-42-28-45)44-37(47)32(23-30-17-13-11-14-18-30)25-35(51-52(9,10)41(6,7)8)34(24-31-19-15-12-16-20-31)43-39(49)50-40(3,4)5/h11-22,28-29,32-36H,23-27H2,1-10H3,(H,43,49)(H,44,47)/t32?,34?,35?,36-/m0/s1. The minimum atomic E-state index is -2.44. The molecule has 1 aliphatic rings. The summed E-state index contributed by atoms with van der Waals surface area (Å²) in [5, 5.41) is 6.22. The van der Waals surface area contributed by atoms with Gasteiger partial charge in [-0.05, 0) is 75.2 Å². The van der Waals surface area contributed by atoms with Crippen molar-refractivity contribution in [2.24, 2.45) is 11.8 Å². The molecule has 11 heteroatoms. The number of nitrogens with one attached hydrogen (secondary N) is 2. The number of hydrogen-bond acceptors (Lipinski definition) is 6. The van der Waals surface area contributed by atoms with Crippen LogP contribution in [0.15, 0.2) is 79.4 Å². The van der Waals surface area contributed by atoms with E-state index in [1.54, 1.807) is 12.5 Å². The van der Waals surface area contributed by atoms with Gasteiger partial charge in [-0.1, -0.05) is 95.3 Å². The second-order valence-electron chi connectivity index (χ2n) is 17.1. The molecule has 3 aromatic rings. The molecule has 0 radical (unpaired) electrons. The van der Waals surface area contributed by atoms with Gasteiger partial charge < -0.3 is 29.3 Å². The van der Waals surface area contributed by atoms with Crippen molar-refractivity contribution in [3.8, 4) is 0 Å². The van der Waals surface area contributed by atoms with Gasteiger partial charge in [0.25, 0.3) is 0 Å². The quantitative estimate of drug-likeness (QED) is 0.160. The lowest BCUT2D eigenvalue weighted by Crippen LogP contribution is -2.59. The molecule has 1 aliphatic heterocycles. The van der Waals surface area contributed by atoms with E-state index in [0.717, 1.165) is 11.1 Å². The minimum absolute atomic E-state index is 0.0826. The van der Waals surface area contributed by atoms with E-state index in [4.69, 9.17) is 9.16 Å². The maximum absolute atomic E-state index is 14.6. The summed E-state index contributed by atoms with van der Waals surface area (Å²) >= 11 is 0. The van der Waals surface area contributed by atoms with Crippen molar-refractivity contribution >= 4 is 26.2 Å². The van der Waals surface area contributed by atoms with Crippen molar-refractivity contribution in [1.82, 2.24) is 25.1 Å². The molecule has 3 amide bonds. The van der Waals surface area contributed by atoms with Gasteiger partial charge in [-0.25, -0.2) is 9.78 Å². The summed E-state index contributed by atoms with van der Waals surface area (Å²) in [6, 6.07) is 18.9. The van der Waals surface area contributed by atoms with Crippen molar-refractivity contribution in [2.75, 3.05) is 13.1 Å². The van der Waals surface area contributed by atoms with Crippen LogP contribution < -0.4 is 10.6 Å². The number of ether oxygens (including phenoxy) is 1. The van der Waals surface area contributed by atoms with Crippen LogP contribution in [0.3, 0.4) is 0 Å². The highest BCUT2D eigenvalue weighted by atomic mass is 28.4. The first kappa shape index (κ1) is 40.8. The average Bonchev–Trinajstić information content (AvgIpc) is 3.55. The molecule has 2 heterocycles. The van der Waals surface area contributed by atoms with Gasteiger partial charge in [-0.2, -0.15) is 0 Å². The molecule has 52 heavy (non-hydrogen) atoms. The highest BCUT2D eigenvalue weighted by Gasteiger charge is 2.43. The summed E-state index contributed by atoms with van der Waals surface area (Å²) in [5.74, 6) is -0.969. The van der Waals surface area contributed by atoms with Crippen LogP contribution >= 0.6 is 0 Å². The zero-order chi connectivity index (χ0) is 38.3. The van der Waals surface area contributed by atoms with Gasteiger partial charge in [-0.3, -0.25) is 9.59 Å². The van der Waals surface area contributed by atoms with Gasteiger partial charge in [0.1, 0.15) is 11.6 Å². The lowest BCUT2D eigenvalue weighted by Gasteiger charge is -2.43. The van der Waals surface area contributed by atoms with Gasteiger partial charge in [-0.15, -0.1) is 0 Å². The number of imidazole rings is 1. The number of rotatable bonds is 15. The highest BCUT2D eigenvalue weighted by molar-refractivity contribution is 6.74. The van der Waals surface area contributed by atoms with Crippen LogP contribution in [0.4, 0.5) is 4.79 Å². The number of nitrogens with zero attached hydrogens (tertiary/aromatic N) is 3. The number of benzene rings is 2. The second kappa shape index (κ2) is 17.2. The fraction of sp³-hybridized carbons (Fsp3) is 0.561. The predicted octanol–water partition coefficient (Wildman–Crippen LogP) is 7.18. The molecule has 10 nitrogen and oxygen atoms in total. The van der Waals surface area contributed by atoms with E-state index in [9.17, 15) is 14.4 Å². The van der Waals surface area contributed by atoms with Crippen LogP contribution in [0.5, 0.6) is 0 Å². The first-order chi connectivity index (χ1) is 24.3.